The van der Waals surface area contributed by atoms with E-state index in [1.54, 1.807) is 0 Å². The first kappa shape index (κ1) is 43.2. The zero-order chi connectivity index (χ0) is 35.8. The predicted octanol–water partition coefficient (Wildman–Crippen LogP) is 0.826. The third-order valence-corrected chi connectivity index (χ3v) is 5.40. The molecule has 256 valence electrons. The first-order chi connectivity index (χ1) is 21.7. The largest absolute Gasteiger partial charge is 0.426 e. The molecule has 16 heteroatoms. The fourth-order valence-electron chi connectivity index (χ4n) is 2.58. The second-order valence-electron chi connectivity index (χ2n) is 8.56. The number of aliphatic hydroxyl groups excluding tert-OH is 3. The molecule has 16 nitrogen and oxygen atoms in total. The van der Waals surface area contributed by atoms with Gasteiger partial charge in [0.1, 0.15) is 0 Å². The van der Waals surface area contributed by atoms with Crippen LogP contribution in [0.5, 0.6) is 0 Å². The Bertz CT molecular complexity index is 914. The normalized spacial score (nSPS) is 10.7. The minimum atomic E-state index is -2.61. The van der Waals surface area contributed by atoms with Crippen molar-refractivity contribution in [1.82, 2.24) is 0 Å². The van der Waals surface area contributed by atoms with E-state index >= 15 is 0 Å². The van der Waals surface area contributed by atoms with Crippen molar-refractivity contribution in [3.63, 3.8) is 0 Å². The molecule has 0 aromatic heterocycles. The van der Waals surface area contributed by atoms with Gasteiger partial charge in [-0.1, -0.05) is 46.4 Å². The summed E-state index contributed by atoms with van der Waals surface area (Å²) < 4.78 is 34.9. The molecular weight excluding hydrogens is 616 g/mol. The molecule has 0 aromatic rings. The van der Waals surface area contributed by atoms with Crippen LogP contribution < -0.4 is 0 Å². The molecule has 0 aliphatic rings. The van der Waals surface area contributed by atoms with Gasteiger partial charge in [0.15, 0.2) is 0 Å². The van der Waals surface area contributed by atoms with E-state index in [-0.39, 0.29) is 19.8 Å². The fourth-order valence-corrected chi connectivity index (χ4v) is 2.58. The molecule has 0 spiro atoms. The molecule has 0 aliphatic carbocycles. The van der Waals surface area contributed by atoms with Crippen LogP contribution in [0.4, 0.5) is 0 Å². The minimum Gasteiger partial charge on any atom is -0.396 e. The highest BCUT2D eigenvalue weighted by Gasteiger charge is 2.44. The molecule has 0 bridgehead atoms. The smallest absolute Gasteiger partial charge is 0.396 e. The summed E-state index contributed by atoms with van der Waals surface area (Å²) in [5, 5.41) is 26.0. The average molecular weight is 657 g/mol. The predicted molar refractivity (Wildman–Crippen MR) is 157 cm³/mol. The maximum absolute atomic E-state index is 11.8. The van der Waals surface area contributed by atoms with Crippen LogP contribution in [-0.2, 0) is 61.9 Å². The standard InChI is InChI=1S/C24H26O13.C6H14O3/c1-7-17(25)32-23(33-18(26)8-2,34-19(27)9-3)13-15-31-16-14-24(35-20(28)10-4,36-21(29)11-5)37-22(30)12-6;1-2-6(3-7,4-8)5-9/h7-12H,1-6,13-16H2;7-9H,2-5H2,1H3. The summed E-state index contributed by atoms with van der Waals surface area (Å²) in [7, 11) is 0. The molecule has 46 heavy (non-hydrogen) atoms. The number of carbonyl (C=O) groups is 6. The second kappa shape index (κ2) is 22.6. The number of aliphatic hydroxyl groups is 3. The lowest BCUT2D eigenvalue weighted by Gasteiger charge is -2.31. The summed E-state index contributed by atoms with van der Waals surface area (Å²) in [5.41, 5.74) is -0.667. The Hall–Kier alpha value is -4.90. The zero-order valence-electron chi connectivity index (χ0n) is 25.5. The van der Waals surface area contributed by atoms with Gasteiger partial charge >= 0.3 is 47.8 Å². The Morgan fingerprint density at radius 1 is 0.500 bits per heavy atom. The molecule has 0 fully saturated rings. The molecule has 0 radical (unpaired) electrons. The molecule has 3 N–H and O–H groups in total. The highest BCUT2D eigenvalue weighted by molar-refractivity contribution is 5.86. The van der Waals surface area contributed by atoms with Crippen molar-refractivity contribution < 1.29 is 77.2 Å². The first-order valence-electron chi connectivity index (χ1n) is 13.2. The van der Waals surface area contributed by atoms with Gasteiger partial charge in [-0.2, -0.15) is 0 Å². The Balaban J connectivity index is 0. The Kier molecular flexibility index (Phi) is 21.2. The lowest BCUT2D eigenvalue weighted by molar-refractivity contribution is -0.333. The number of rotatable bonds is 22. The van der Waals surface area contributed by atoms with Gasteiger partial charge in [-0.05, 0) is 6.42 Å². The fraction of sp³-hybridized carbons (Fsp3) is 0.400. The topological polar surface area (TPSA) is 228 Å². The van der Waals surface area contributed by atoms with Gasteiger partial charge in [-0.15, -0.1) is 0 Å². The van der Waals surface area contributed by atoms with Crippen molar-refractivity contribution in [2.24, 2.45) is 5.41 Å². The molecule has 0 heterocycles. The zero-order valence-corrected chi connectivity index (χ0v) is 25.5. The Morgan fingerprint density at radius 3 is 0.848 bits per heavy atom. The summed E-state index contributed by atoms with van der Waals surface area (Å²) in [5.74, 6) is -12.0. The van der Waals surface area contributed by atoms with E-state index in [0.29, 0.717) is 42.9 Å². The van der Waals surface area contributed by atoms with Crippen LogP contribution in [0.25, 0.3) is 0 Å². The van der Waals surface area contributed by atoms with Crippen molar-refractivity contribution in [2.45, 2.75) is 38.1 Å². The molecule has 0 rings (SSSR count). The molecular formula is C30H40O16. The summed E-state index contributed by atoms with van der Waals surface area (Å²) in [4.78, 5) is 70.8. The van der Waals surface area contributed by atoms with Crippen LogP contribution in [0.3, 0.4) is 0 Å². The molecule has 0 aromatic carbocycles. The maximum Gasteiger partial charge on any atom is 0.426 e. The lowest BCUT2D eigenvalue weighted by atomic mass is 9.88. The van der Waals surface area contributed by atoms with Crippen LogP contribution in [0.15, 0.2) is 75.9 Å². The SMILES string of the molecule is C=CC(=O)OC(CCOCCC(OC(=O)C=C)(OC(=O)C=C)OC(=O)C=C)(OC(=O)C=C)OC(=O)C=C.CCC(CO)(CO)CO. The minimum absolute atomic E-state index is 0.156. The van der Waals surface area contributed by atoms with Crippen molar-refractivity contribution in [3.8, 4) is 0 Å². The van der Waals surface area contributed by atoms with Gasteiger partial charge in [0.2, 0.25) is 0 Å². The van der Waals surface area contributed by atoms with E-state index in [0.717, 1.165) is 0 Å². The highest BCUT2D eigenvalue weighted by atomic mass is 16.9. The monoisotopic (exact) mass is 656 g/mol. The first-order valence-corrected chi connectivity index (χ1v) is 13.2. The van der Waals surface area contributed by atoms with E-state index in [9.17, 15) is 28.8 Å². The lowest BCUT2D eigenvalue weighted by Crippen LogP contribution is -2.45. The Labute approximate surface area is 265 Å². The van der Waals surface area contributed by atoms with Crippen LogP contribution in [0.1, 0.15) is 26.2 Å². The van der Waals surface area contributed by atoms with Crippen LogP contribution >= 0.6 is 0 Å². The summed E-state index contributed by atoms with van der Waals surface area (Å²) in [6, 6.07) is 0. The van der Waals surface area contributed by atoms with E-state index in [2.05, 4.69) is 39.5 Å². The molecule has 0 unspecified atom stereocenters. The number of esters is 6. The number of carbonyl (C=O) groups excluding carboxylic acids is 6. The van der Waals surface area contributed by atoms with Crippen molar-refractivity contribution in [1.29, 1.82) is 0 Å². The highest BCUT2D eigenvalue weighted by Crippen LogP contribution is 2.25. The van der Waals surface area contributed by atoms with Gasteiger partial charge in [-0.3, -0.25) is 0 Å². The van der Waals surface area contributed by atoms with Gasteiger partial charge in [0.05, 0.1) is 45.9 Å². The van der Waals surface area contributed by atoms with E-state index < -0.39 is 79.2 Å². The van der Waals surface area contributed by atoms with Crippen molar-refractivity contribution in [2.75, 3.05) is 33.0 Å². The quantitative estimate of drug-likeness (QED) is 0.0634. The molecule has 0 atom stereocenters. The van der Waals surface area contributed by atoms with Crippen LogP contribution in [0.2, 0.25) is 0 Å². The number of hydrogen-bond donors (Lipinski definition) is 3. The maximum atomic E-state index is 11.8. The van der Waals surface area contributed by atoms with E-state index in [4.69, 9.17) is 48.5 Å². The van der Waals surface area contributed by atoms with Crippen molar-refractivity contribution >= 4 is 35.8 Å². The summed E-state index contributed by atoms with van der Waals surface area (Å²) >= 11 is 0. The third-order valence-electron chi connectivity index (χ3n) is 5.40. The van der Waals surface area contributed by atoms with Crippen LogP contribution in [-0.4, -0.2) is 96.1 Å². The second-order valence-corrected chi connectivity index (χ2v) is 8.56. The summed E-state index contributed by atoms with van der Waals surface area (Å²) in [6.45, 7) is 19.6. The average Bonchev–Trinajstić information content (AvgIpc) is 3.05. The molecule has 0 saturated carbocycles. The van der Waals surface area contributed by atoms with E-state index in [1.807, 2.05) is 6.92 Å². The molecule has 0 amide bonds. The van der Waals surface area contributed by atoms with Gasteiger partial charge in [0, 0.05) is 41.9 Å². The number of hydrogen-bond acceptors (Lipinski definition) is 16. The third kappa shape index (κ3) is 16.2. The van der Waals surface area contributed by atoms with Crippen molar-refractivity contribution in [3.05, 3.63) is 75.9 Å². The Morgan fingerprint density at radius 2 is 0.717 bits per heavy atom. The molecule has 0 aliphatic heterocycles. The van der Waals surface area contributed by atoms with Crippen LogP contribution in [0, 0.1) is 5.41 Å². The number of ether oxygens (including phenoxy) is 7. The van der Waals surface area contributed by atoms with Gasteiger partial charge in [-0.25, -0.2) is 28.8 Å². The molecule has 0 saturated heterocycles. The summed E-state index contributed by atoms with van der Waals surface area (Å²) in [6.07, 6.45) is 3.68. The van der Waals surface area contributed by atoms with Gasteiger partial charge in [0.25, 0.3) is 0 Å². The van der Waals surface area contributed by atoms with Gasteiger partial charge < -0.3 is 48.5 Å². The van der Waals surface area contributed by atoms with E-state index in [1.165, 1.54) is 0 Å².